The van der Waals surface area contributed by atoms with Crippen LogP contribution in [0.25, 0.3) is 5.69 Å². The van der Waals surface area contributed by atoms with Gasteiger partial charge in [0.2, 0.25) is 17.9 Å². The van der Waals surface area contributed by atoms with Crippen LogP contribution in [0.2, 0.25) is 0 Å². The summed E-state index contributed by atoms with van der Waals surface area (Å²) in [5, 5.41) is 15.3. The second-order valence-corrected chi connectivity index (χ2v) is 7.05. The highest BCUT2D eigenvalue weighted by atomic mass is 32.2. The van der Waals surface area contributed by atoms with Crippen molar-refractivity contribution in [3.05, 3.63) is 42.5 Å². The van der Waals surface area contributed by atoms with Gasteiger partial charge >= 0.3 is 0 Å². The summed E-state index contributed by atoms with van der Waals surface area (Å²) >= 11 is 1.40. The van der Waals surface area contributed by atoms with E-state index in [1.165, 1.54) is 11.8 Å². The fourth-order valence-corrected chi connectivity index (χ4v) is 3.58. The van der Waals surface area contributed by atoms with E-state index < -0.39 is 0 Å². The summed E-state index contributed by atoms with van der Waals surface area (Å²) in [5.41, 5.74) is 1.42. The fourth-order valence-electron chi connectivity index (χ4n) is 2.76. The Morgan fingerprint density at radius 3 is 3.00 bits per heavy atom. The second kappa shape index (κ2) is 8.82. The van der Waals surface area contributed by atoms with Gasteiger partial charge in [0.05, 0.1) is 6.61 Å². The van der Waals surface area contributed by atoms with Crippen molar-refractivity contribution in [2.45, 2.75) is 18.5 Å². The molecule has 3 aromatic rings. The predicted octanol–water partition coefficient (Wildman–Crippen LogP) is 2.91. The average molecular weight is 413 g/mol. The predicted molar refractivity (Wildman–Crippen MR) is 107 cm³/mol. The molecule has 1 aliphatic heterocycles. The van der Waals surface area contributed by atoms with Crippen molar-refractivity contribution in [2.75, 3.05) is 24.5 Å². The minimum absolute atomic E-state index is 0.106. The number of nitrogens with zero attached hydrogens (tertiary/aromatic N) is 4. The first-order valence-electron chi connectivity index (χ1n) is 9.07. The number of carbonyl (C=O) groups is 1. The summed E-state index contributed by atoms with van der Waals surface area (Å²) in [6, 6.07) is 12.9. The zero-order chi connectivity index (χ0) is 20.1. The topological polar surface area (TPSA) is 100 Å². The summed E-state index contributed by atoms with van der Waals surface area (Å²) < 4.78 is 17.9. The minimum Gasteiger partial charge on any atom is -0.492 e. The van der Waals surface area contributed by atoms with Crippen LogP contribution in [-0.4, -0.2) is 45.3 Å². The molecule has 1 amide bonds. The number of hydrogen-bond acceptors (Lipinski definition) is 8. The van der Waals surface area contributed by atoms with Crippen molar-refractivity contribution >= 4 is 23.4 Å². The third-order valence-electron chi connectivity index (χ3n) is 4.05. The Balaban J connectivity index is 1.35. The maximum Gasteiger partial charge on any atom is 0.231 e. The quantitative estimate of drug-likeness (QED) is 0.563. The van der Waals surface area contributed by atoms with E-state index in [1.54, 1.807) is 22.9 Å². The van der Waals surface area contributed by atoms with Gasteiger partial charge in [0.15, 0.2) is 11.5 Å². The molecule has 0 unspecified atom stereocenters. The number of fused-ring (bicyclic) bond motifs is 1. The van der Waals surface area contributed by atoms with Gasteiger partial charge in [-0.25, -0.2) is 0 Å². The number of carbonyl (C=O) groups excluding carboxylic acids is 1. The Kier molecular flexibility index (Phi) is 5.80. The maximum atomic E-state index is 12.3. The molecule has 1 N–H and O–H groups in total. The molecule has 4 rings (SSSR count). The Labute approximate surface area is 171 Å². The van der Waals surface area contributed by atoms with E-state index in [0.717, 1.165) is 5.69 Å². The highest BCUT2D eigenvalue weighted by Crippen LogP contribution is 2.34. The number of tetrazole rings is 1. The number of aromatic nitrogens is 4. The van der Waals surface area contributed by atoms with E-state index in [2.05, 4.69) is 20.8 Å². The number of para-hydroxylation sites is 2. The number of thioether (sulfide) groups is 1. The number of hydrogen-bond donors (Lipinski definition) is 1. The molecule has 0 spiro atoms. The number of nitrogens with one attached hydrogen (secondary N) is 1. The molecule has 1 aromatic heterocycles. The van der Waals surface area contributed by atoms with Crippen molar-refractivity contribution in [3.63, 3.8) is 0 Å². The zero-order valence-electron chi connectivity index (χ0n) is 15.7. The molecule has 0 radical (unpaired) electrons. The molecule has 2 heterocycles. The van der Waals surface area contributed by atoms with E-state index in [-0.39, 0.29) is 12.7 Å². The first kappa shape index (κ1) is 19.1. The lowest BCUT2D eigenvalue weighted by atomic mass is 10.2. The fraction of sp³-hybridized carbons (Fsp3) is 0.263. The Morgan fingerprint density at radius 2 is 2.10 bits per heavy atom. The molecule has 0 aliphatic carbocycles. The van der Waals surface area contributed by atoms with Crippen LogP contribution in [0.4, 0.5) is 5.69 Å². The van der Waals surface area contributed by atoms with Gasteiger partial charge in [-0.15, -0.1) is 5.10 Å². The lowest BCUT2D eigenvalue weighted by Gasteiger charge is -2.10. The first-order valence-corrected chi connectivity index (χ1v) is 10.1. The van der Waals surface area contributed by atoms with Gasteiger partial charge in [-0.1, -0.05) is 23.9 Å². The van der Waals surface area contributed by atoms with Crippen LogP contribution in [-0.2, 0) is 4.79 Å². The number of rotatable bonds is 8. The van der Waals surface area contributed by atoms with Crippen molar-refractivity contribution < 1.29 is 19.0 Å². The molecule has 2 aromatic carbocycles. The van der Waals surface area contributed by atoms with Crippen LogP contribution in [0.1, 0.15) is 13.3 Å². The Bertz CT molecular complexity index is 1010. The SMILES string of the molecule is CCOc1ccccc1-n1nnnc1SCCC(=O)Nc1ccc2c(c1)OCO2. The largest absolute Gasteiger partial charge is 0.492 e. The Hall–Kier alpha value is -3.27. The lowest BCUT2D eigenvalue weighted by Crippen LogP contribution is -2.12. The van der Waals surface area contributed by atoms with Crippen molar-refractivity contribution in [3.8, 4) is 22.9 Å². The lowest BCUT2D eigenvalue weighted by molar-refractivity contribution is -0.115. The summed E-state index contributed by atoms with van der Waals surface area (Å²) in [6.45, 7) is 2.66. The molecular weight excluding hydrogens is 394 g/mol. The van der Waals surface area contributed by atoms with Gasteiger partial charge < -0.3 is 19.5 Å². The maximum absolute atomic E-state index is 12.3. The van der Waals surface area contributed by atoms with Crippen LogP contribution >= 0.6 is 11.8 Å². The second-order valence-electron chi connectivity index (χ2n) is 5.99. The van der Waals surface area contributed by atoms with Gasteiger partial charge in [0.1, 0.15) is 11.4 Å². The molecule has 0 saturated carbocycles. The number of benzene rings is 2. The molecule has 1 aliphatic rings. The van der Waals surface area contributed by atoms with E-state index >= 15 is 0 Å². The van der Waals surface area contributed by atoms with Crippen LogP contribution in [0.15, 0.2) is 47.6 Å². The summed E-state index contributed by atoms with van der Waals surface area (Å²) in [5.74, 6) is 2.42. The Morgan fingerprint density at radius 1 is 1.24 bits per heavy atom. The summed E-state index contributed by atoms with van der Waals surface area (Å²) in [7, 11) is 0. The van der Waals surface area contributed by atoms with E-state index in [4.69, 9.17) is 14.2 Å². The zero-order valence-corrected chi connectivity index (χ0v) is 16.5. The normalized spacial score (nSPS) is 12.0. The highest BCUT2D eigenvalue weighted by Gasteiger charge is 2.16. The van der Waals surface area contributed by atoms with E-state index in [9.17, 15) is 4.79 Å². The minimum atomic E-state index is -0.106. The van der Waals surface area contributed by atoms with Crippen LogP contribution in [0.5, 0.6) is 17.2 Å². The van der Waals surface area contributed by atoms with Gasteiger partial charge in [-0.05, 0) is 41.6 Å². The van der Waals surface area contributed by atoms with Crippen LogP contribution < -0.4 is 19.5 Å². The molecule has 0 fully saturated rings. The molecule has 0 bridgehead atoms. The van der Waals surface area contributed by atoms with Gasteiger partial charge in [-0.2, -0.15) is 4.68 Å². The van der Waals surface area contributed by atoms with Gasteiger partial charge in [0, 0.05) is 23.9 Å². The molecule has 29 heavy (non-hydrogen) atoms. The first-order chi connectivity index (χ1) is 14.2. The van der Waals surface area contributed by atoms with Gasteiger partial charge in [0.25, 0.3) is 0 Å². The van der Waals surface area contributed by atoms with Crippen molar-refractivity contribution in [1.82, 2.24) is 20.2 Å². The molecule has 150 valence electrons. The van der Waals surface area contributed by atoms with Crippen molar-refractivity contribution in [2.24, 2.45) is 0 Å². The summed E-state index contributed by atoms with van der Waals surface area (Å²) in [6.07, 6.45) is 0.305. The molecular formula is C19H19N5O4S. The van der Waals surface area contributed by atoms with Crippen LogP contribution in [0.3, 0.4) is 0 Å². The monoisotopic (exact) mass is 413 g/mol. The molecule has 0 atom stereocenters. The summed E-state index contributed by atoms with van der Waals surface area (Å²) in [4.78, 5) is 12.3. The molecule has 10 heteroatoms. The molecule has 0 saturated heterocycles. The van der Waals surface area contributed by atoms with Crippen molar-refractivity contribution in [1.29, 1.82) is 0 Å². The highest BCUT2D eigenvalue weighted by molar-refractivity contribution is 7.99. The third kappa shape index (κ3) is 4.43. The number of anilines is 1. The number of amides is 1. The van der Waals surface area contributed by atoms with Crippen LogP contribution in [0, 0.1) is 0 Å². The third-order valence-corrected chi connectivity index (χ3v) is 4.97. The molecule has 9 nitrogen and oxygen atoms in total. The van der Waals surface area contributed by atoms with E-state index in [0.29, 0.717) is 46.9 Å². The standard InChI is InChI=1S/C19H19N5O4S/c1-2-26-15-6-4-3-5-14(15)24-19(21-22-23-24)29-10-9-18(25)20-13-7-8-16-17(11-13)28-12-27-16/h3-8,11H,2,9-10,12H2,1H3,(H,20,25). The van der Waals surface area contributed by atoms with E-state index in [1.807, 2.05) is 31.2 Å². The average Bonchev–Trinajstić information content (AvgIpc) is 3.37. The van der Waals surface area contributed by atoms with Gasteiger partial charge in [-0.3, -0.25) is 4.79 Å². The smallest absolute Gasteiger partial charge is 0.231 e. The number of ether oxygens (including phenoxy) is 3.